The number of hydrogen-bond donors (Lipinski definition) is 1. The van der Waals surface area contributed by atoms with Gasteiger partial charge in [0.2, 0.25) is 0 Å². The van der Waals surface area contributed by atoms with Crippen LogP contribution in [-0.4, -0.2) is 13.1 Å². The highest BCUT2D eigenvalue weighted by atomic mass is 127. The second kappa shape index (κ2) is 4.48. The Hall–Kier alpha value is -0.300. The third-order valence-electron chi connectivity index (χ3n) is 1.85. The lowest BCUT2D eigenvalue weighted by molar-refractivity contribution is 0.0598. The monoisotopic (exact) mass is 369 g/mol. The average molecular weight is 370 g/mol. The third-order valence-corrected chi connectivity index (χ3v) is 3.60. The van der Waals surface area contributed by atoms with Crippen molar-refractivity contribution in [1.29, 1.82) is 0 Å². The van der Waals surface area contributed by atoms with Gasteiger partial charge in [0.15, 0.2) is 0 Å². The zero-order valence-corrected chi connectivity index (χ0v) is 11.5. The van der Waals surface area contributed by atoms with Crippen molar-refractivity contribution in [1.82, 2.24) is 0 Å². The first-order valence-corrected chi connectivity index (χ1v) is 5.68. The highest BCUT2D eigenvalue weighted by Crippen LogP contribution is 2.30. The van der Waals surface area contributed by atoms with Crippen LogP contribution < -0.4 is 5.73 Å². The normalized spacial score (nSPS) is 10.0. The molecule has 1 aromatic carbocycles. The molecule has 5 heteroatoms. The fraction of sp³-hybridized carbons (Fsp3) is 0.222. The van der Waals surface area contributed by atoms with Crippen molar-refractivity contribution in [3.63, 3.8) is 0 Å². The SMILES string of the molecule is COC(=O)c1c(Br)cc(C)c(N)c1I. The molecule has 0 amide bonds. The largest absolute Gasteiger partial charge is 0.465 e. The number of nitrogens with two attached hydrogens (primary N) is 1. The van der Waals surface area contributed by atoms with Gasteiger partial charge in [-0.1, -0.05) is 0 Å². The van der Waals surface area contributed by atoms with Gasteiger partial charge in [-0.05, 0) is 57.1 Å². The first-order chi connectivity index (χ1) is 6.49. The summed E-state index contributed by atoms with van der Waals surface area (Å²) < 4.78 is 6.10. The van der Waals surface area contributed by atoms with E-state index in [1.807, 2.05) is 35.6 Å². The number of carbonyl (C=O) groups excluding carboxylic acids is 1. The summed E-state index contributed by atoms with van der Waals surface area (Å²) in [7, 11) is 1.35. The smallest absolute Gasteiger partial charge is 0.340 e. The van der Waals surface area contributed by atoms with Crippen LogP contribution in [0.4, 0.5) is 5.69 Å². The van der Waals surface area contributed by atoms with Crippen LogP contribution in [0.1, 0.15) is 15.9 Å². The summed E-state index contributed by atoms with van der Waals surface area (Å²) in [5.41, 5.74) is 7.85. The van der Waals surface area contributed by atoms with E-state index >= 15 is 0 Å². The van der Waals surface area contributed by atoms with E-state index < -0.39 is 0 Å². The van der Waals surface area contributed by atoms with Gasteiger partial charge in [-0.25, -0.2) is 4.79 Å². The van der Waals surface area contributed by atoms with Crippen molar-refractivity contribution >= 4 is 50.2 Å². The highest BCUT2D eigenvalue weighted by Gasteiger charge is 2.17. The summed E-state index contributed by atoms with van der Waals surface area (Å²) in [5, 5.41) is 0. The maximum atomic E-state index is 11.4. The van der Waals surface area contributed by atoms with Crippen LogP contribution in [0, 0.1) is 10.5 Å². The van der Waals surface area contributed by atoms with Crippen molar-refractivity contribution in [2.45, 2.75) is 6.92 Å². The minimum absolute atomic E-state index is 0.382. The maximum Gasteiger partial charge on any atom is 0.340 e. The fourth-order valence-corrected chi connectivity index (χ4v) is 3.05. The first kappa shape index (κ1) is 11.8. The Balaban J connectivity index is 3.44. The Kier molecular flexibility index (Phi) is 3.77. The van der Waals surface area contributed by atoms with Gasteiger partial charge in [-0.15, -0.1) is 0 Å². The van der Waals surface area contributed by atoms with Crippen molar-refractivity contribution in [2.24, 2.45) is 0 Å². The molecule has 0 saturated heterocycles. The molecule has 0 radical (unpaired) electrons. The highest BCUT2D eigenvalue weighted by molar-refractivity contribution is 14.1. The molecular weight excluding hydrogens is 361 g/mol. The molecule has 1 rings (SSSR count). The number of ether oxygens (including phenoxy) is 1. The summed E-state index contributed by atoms with van der Waals surface area (Å²) in [6.07, 6.45) is 0. The summed E-state index contributed by atoms with van der Waals surface area (Å²) in [4.78, 5) is 11.4. The van der Waals surface area contributed by atoms with Gasteiger partial charge in [0.25, 0.3) is 0 Å². The van der Waals surface area contributed by atoms with Crippen LogP contribution in [0.3, 0.4) is 0 Å². The van der Waals surface area contributed by atoms with Gasteiger partial charge in [0.05, 0.1) is 16.2 Å². The Morgan fingerprint density at radius 3 is 2.71 bits per heavy atom. The lowest BCUT2D eigenvalue weighted by Gasteiger charge is -2.10. The summed E-state index contributed by atoms with van der Waals surface area (Å²) in [5.74, 6) is -0.382. The van der Waals surface area contributed by atoms with Crippen molar-refractivity contribution in [2.75, 3.05) is 12.8 Å². The number of halogens is 2. The molecule has 0 bridgehead atoms. The van der Waals surface area contributed by atoms with Gasteiger partial charge < -0.3 is 10.5 Å². The lowest BCUT2D eigenvalue weighted by Crippen LogP contribution is -2.08. The van der Waals surface area contributed by atoms with Gasteiger partial charge in [-0.3, -0.25) is 0 Å². The van der Waals surface area contributed by atoms with Crippen LogP contribution in [0.5, 0.6) is 0 Å². The molecule has 0 unspecified atom stereocenters. The Labute approximate surface area is 104 Å². The molecule has 2 N–H and O–H groups in total. The second-order valence-electron chi connectivity index (χ2n) is 2.77. The van der Waals surface area contributed by atoms with Crippen LogP contribution in [0.2, 0.25) is 0 Å². The van der Waals surface area contributed by atoms with E-state index in [1.165, 1.54) is 7.11 Å². The van der Waals surface area contributed by atoms with E-state index in [2.05, 4.69) is 20.7 Å². The zero-order chi connectivity index (χ0) is 10.9. The molecule has 0 aliphatic heterocycles. The molecule has 14 heavy (non-hydrogen) atoms. The summed E-state index contributed by atoms with van der Waals surface area (Å²) >= 11 is 5.35. The second-order valence-corrected chi connectivity index (χ2v) is 4.70. The van der Waals surface area contributed by atoms with Crippen molar-refractivity contribution in [3.05, 3.63) is 25.2 Å². The number of carbonyl (C=O) groups is 1. The van der Waals surface area contributed by atoms with Gasteiger partial charge in [-0.2, -0.15) is 0 Å². The van der Waals surface area contributed by atoms with Crippen molar-refractivity contribution < 1.29 is 9.53 Å². The number of benzene rings is 1. The van der Waals surface area contributed by atoms with E-state index in [-0.39, 0.29) is 5.97 Å². The lowest BCUT2D eigenvalue weighted by atomic mass is 10.1. The number of methoxy groups -OCH3 is 1. The molecule has 0 atom stereocenters. The van der Waals surface area contributed by atoms with Gasteiger partial charge in [0, 0.05) is 10.2 Å². The topological polar surface area (TPSA) is 52.3 Å². The molecule has 3 nitrogen and oxygen atoms in total. The third kappa shape index (κ3) is 2.03. The zero-order valence-electron chi connectivity index (χ0n) is 7.73. The minimum Gasteiger partial charge on any atom is -0.465 e. The molecular formula is C9H9BrINO2. The summed E-state index contributed by atoms with van der Waals surface area (Å²) in [6.45, 7) is 1.89. The minimum atomic E-state index is -0.382. The predicted octanol–water partition coefficient (Wildman–Crippen LogP) is 2.73. The number of esters is 1. The maximum absolute atomic E-state index is 11.4. The van der Waals surface area contributed by atoms with E-state index in [0.717, 1.165) is 9.13 Å². The molecule has 0 spiro atoms. The van der Waals surface area contributed by atoms with Crippen molar-refractivity contribution in [3.8, 4) is 0 Å². The molecule has 1 aromatic rings. The Morgan fingerprint density at radius 1 is 1.64 bits per heavy atom. The standard InChI is InChI=1S/C9H9BrINO2/c1-4-3-5(10)6(9(13)14-2)7(11)8(4)12/h3H,12H2,1-2H3. The molecule has 0 aliphatic rings. The number of hydrogen-bond acceptors (Lipinski definition) is 3. The molecule has 0 heterocycles. The van der Waals surface area contributed by atoms with Crippen LogP contribution in [0.25, 0.3) is 0 Å². The number of nitrogen functional groups attached to an aromatic ring is 1. The Morgan fingerprint density at radius 2 is 2.21 bits per heavy atom. The molecule has 0 saturated carbocycles. The van der Waals surface area contributed by atoms with E-state index in [4.69, 9.17) is 5.73 Å². The molecule has 0 fully saturated rings. The van der Waals surface area contributed by atoms with E-state index in [1.54, 1.807) is 0 Å². The van der Waals surface area contributed by atoms with E-state index in [9.17, 15) is 4.79 Å². The molecule has 0 aromatic heterocycles. The molecule has 0 aliphatic carbocycles. The van der Waals surface area contributed by atoms with Gasteiger partial charge >= 0.3 is 5.97 Å². The first-order valence-electron chi connectivity index (χ1n) is 3.81. The Bertz CT molecular complexity index is 393. The van der Waals surface area contributed by atoms with E-state index in [0.29, 0.717) is 15.7 Å². The fourth-order valence-electron chi connectivity index (χ4n) is 1.04. The van der Waals surface area contributed by atoms with Gasteiger partial charge in [0.1, 0.15) is 0 Å². The quantitative estimate of drug-likeness (QED) is 0.470. The average Bonchev–Trinajstić information content (AvgIpc) is 2.14. The molecule has 76 valence electrons. The summed E-state index contributed by atoms with van der Waals surface area (Å²) in [6, 6.07) is 1.81. The predicted molar refractivity (Wildman–Crippen MR) is 67.3 cm³/mol. The number of aryl methyl sites for hydroxylation is 1. The van der Waals surface area contributed by atoms with Crippen LogP contribution >= 0.6 is 38.5 Å². The number of rotatable bonds is 1. The number of anilines is 1. The van der Waals surface area contributed by atoms with Crippen LogP contribution in [0.15, 0.2) is 10.5 Å². The van der Waals surface area contributed by atoms with Crippen LogP contribution in [-0.2, 0) is 4.74 Å².